The Bertz CT molecular complexity index is 418. The van der Waals surface area contributed by atoms with Crippen molar-refractivity contribution >= 4 is 5.91 Å². The van der Waals surface area contributed by atoms with Crippen molar-refractivity contribution < 1.29 is 4.79 Å². The van der Waals surface area contributed by atoms with Crippen molar-refractivity contribution in [2.45, 2.75) is 6.17 Å². The van der Waals surface area contributed by atoms with Crippen LogP contribution in [-0.2, 0) is 4.79 Å². The quantitative estimate of drug-likeness (QED) is 0.631. The average molecular weight is 203 g/mol. The first-order valence-electron chi connectivity index (χ1n) is 4.46. The molecular weight excluding hydrogens is 194 g/mol. The highest BCUT2D eigenvalue weighted by Crippen LogP contribution is 2.33. The summed E-state index contributed by atoms with van der Waals surface area (Å²) in [5.41, 5.74) is 0. The first-order chi connectivity index (χ1) is 7.27. The highest BCUT2D eigenvalue weighted by molar-refractivity contribution is 5.87. The molecule has 2 unspecified atom stereocenters. The number of carbonyl (C=O) groups excluding carboxylic acids is 1. The maximum absolute atomic E-state index is 11.4. The Hall–Kier alpha value is -2.16. The first-order valence-corrected chi connectivity index (χ1v) is 4.46. The fraction of sp³-hybridized carbons (Fsp3) is 0.333. The van der Waals surface area contributed by atoms with Crippen molar-refractivity contribution in [1.29, 1.82) is 5.26 Å². The zero-order valence-corrected chi connectivity index (χ0v) is 7.95. The summed E-state index contributed by atoms with van der Waals surface area (Å²) in [4.78, 5) is 12.9. The minimum Gasteiger partial charge on any atom is -0.314 e. The van der Waals surface area contributed by atoms with Crippen molar-refractivity contribution in [1.82, 2.24) is 19.9 Å². The standard InChI is InChI=1S/C9H9N5O/c1-2-8(15)13-6-7(5-10)9(13)14-4-3-11-12-14/h2-4,7,9H,1,6H2. The number of rotatable bonds is 2. The Labute approximate surface area is 86.4 Å². The van der Waals surface area contributed by atoms with Crippen molar-refractivity contribution in [2.75, 3.05) is 6.54 Å². The molecule has 0 bridgehead atoms. The zero-order chi connectivity index (χ0) is 10.8. The second kappa shape index (κ2) is 3.53. The molecule has 2 rings (SSSR count). The molecule has 2 heterocycles. The van der Waals surface area contributed by atoms with E-state index in [1.54, 1.807) is 6.20 Å². The van der Waals surface area contributed by atoms with Crippen LogP contribution < -0.4 is 0 Å². The zero-order valence-electron chi connectivity index (χ0n) is 7.95. The third kappa shape index (κ3) is 1.38. The van der Waals surface area contributed by atoms with Crippen LogP contribution in [0.4, 0.5) is 0 Å². The molecule has 1 saturated heterocycles. The van der Waals surface area contributed by atoms with E-state index in [4.69, 9.17) is 5.26 Å². The lowest BCUT2D eigenvalue weighted by molar-refractivity contribution is -0.141. The number of likely N-dealkylation sites (tertiary alicyclic amines) is 1. The van der Waals surface area contributed by atoms with Gasteiger partial charge in [0.05, 0.1) is 12.3 Å². The summed E-state index contributed by atoms with van der Waals surface area (Å²) in [6, 6.07) is 2.13. The lowest BCUT2D eigenvalue weighted by Crippen LogP contribution is -2.54. The van der Waals surface area contributed by atoms with Gasteiger partial charge in [0.15, 0.2) is 0 Å². The fourth-order valence-electron chi connectivity index (χ4n) is 1.62. The fourth-order valence-corrected chi connectivity index (χ4v) is 1.62. The van der Waals surface area contributed by atoms with Gasteiger partial charge in [0, 0.05) is 12.7 Å². The van der Waals surface area contributed by atoms with Gasteiger partial charge in [0.1, 0.15) is 12.1 Å². The third-order valence-corrected chi connectivity index (χ3v) is 2.41. The van der Waals surface area contributed by atoms with Gasteiger partial charge in [-0.3, -0.25) is 4.79 Å². The molecule has 0 aliphatic carbocycles. The molecule has 6 nitrogen and oxygen atoms in total. The van der Waals surface area contributed by atoms with E-state index in [-0.39, 0.29) is 18.0 Å². The maximum atomic E-state index is 11.4. The molecule has 1 fully saturated rings. The van der Waals surface area contributed by atoms with Crippen LogP contribution in [0.15, 0.2) is 25.0 Å². The van der Waals surface area contributed by atoms with E-state index in [1.807, 2.05) is 0 Å². The van der Waals surface area contributed by atoms with E-state index in [9.17, 15) is 4.79 Å². The SMILES string of the molecule is C=CC(=O)N1CC(C#N)C1n1ccnn1. The number of carbonyl (C=O) groups is 1. The molecule has 76 valence electrons. The van der Waals surface area contributed by atoms with Crippen LogP contribution in [-0.4, -0.2) is 32.3 Å². The van der Waals surface area contributed by atoms with Crippen molar-refractivity contribution in [3.8, 4) is 6.07 Å². The van der Waals surface area contributed by atoms with Gasteiger partial charge in [-0.25, -0.2) is 4.68 Å². The van der Waals surface area contributed by atoms with Crippen LogP contribution in [0.3, 0.4) is 0 Å². The highest BCUT2D eigenvalue weighted by atomic mass is 16.2. The molecule has 0 N–H and O–H groups in total. The minimum atomic E-state index is -0.344. The van der Waals surface area contributed by atoms with Crippen LogP contribution in [0.1, 0.15) is 6.17 Å². The molecule has 0 spiro atoms. The van der Waals surface area contributed by atoms with Gasteiger partial charge in [-0.05, 0) is 6.08 Å². The molecule has 0 aromatic carbocycles. The second-order valence-corrected chi connectivity index (χ2v) is 3.23. The van der Waals surface area contributed by atoms with Gasteiger partial charge in [0.25, 0.3) is 0 Å². The second-order valence-electron chi connectivity index (χ2n) is 3.23. The van der Waals surface area contributed by atoms with Gasteiger partial charge >= 0.3 is 0 Å². The summed E-state index contributed by atoms with van der Waals surface area (Å²) in [7, 11) is 0. The van der Waals surface area contributed by atoms with Crippen LogP contribution in [0.5, 0.6) is 0 Å². The maximum Gasteiger partial charge on any atom is 0.247 e. The Morgan fingerprint density at radius 2 is 2.53 bits per heavy atom. The van der Waals surface area contributed by atoms with E-state index in [2.05, 4.69) is 23.0 Å². The van der Waals surface area contributed by atoms with Gasteiger partial charge < -0.3 is 4.90 Å². The smallest absolute Gasteiger partial charge is 0.247 e. The van der Waals surface area contributed by atoms with Crippen LogP contribution in [0, 0.1) is 17.2 Å². The number of nitrogens with zero attached hydrogens (tertiary/aromatic N) is 5. The van der Waals surface area contributed by atoms with E-state index in [0.717, 1.165) is 0 Å². The molecule has 1 aliphatic heterocycles. The summed E-state index contributed by atoms with van der Waals surface area (Å²) in [5.74, 6) is -0.419. The van der Waals surface area contributed by atoms with E-state index in [0.29, 0.717) is 6.54 Å². The predicted molar refractivity (Wildman–Crippen MR) is 50.1 cm³/mol. The van der Waals surface area contributed by atoms with E-state index in [1.165, 1.54) is 21.9 Å². The Morgan fingerprint density at radius 1 is 1.73 bits per heavy atom. The Kier molecular flexibility index (Phi) is 2.21. The normalized spacial score (nSPS) is 24.1. The van der Waals surface area contributed by atoms with Crippen molar-refractivity contribution in [2.24, 2.45) is 5.92 Å². The molecule has 0 saturated carbocycles. The lowest BCUT2D eigenvalue weighted by Gasteiger charge is -2.43. The predicted octanol–water partition coefficient (Wildman–Crippen LogP) is -0.0553. The summed E-state index contributed by atoms with van der Waals surface area (Å²) in [6.07, 6.45) is 4.04. The van der Waals surface area contributed by atoms with Crippen molar-refractivity contribution in [3.63, 3.8) is 0 Å². The molecule has 0 radical (unpaired) electrons. The van der Waals surface area contributed by atoms with Gasteiger partial charge in [0.2, 0.25) is 5.91 Å². The summed E-state index contributed by atoms with van der Waals surface area (Å²) in [6.45, 7) is 3.83. The van der Waals surface area contributed by atoms with Crippen molar-refractivity contribution in [3.05, 3.63) is 25.0 Å². The van der Waals surface area contributed by atoms with E-state index >= 15 is 0 Å². The first kappa shape index (κ1) is 9.40. The van der Waals surface area contributed by atoms with Gasteiger partial charge in [-0.1, -0.05) is 11.8 Å². The molecule has 1 aromatic heterocycles. The van der Waals surface area contributed by atoms with Crippen LogP contribution in [0.2, 0.25) is 0 Å². The lowest BCUT2D eigenvalue weighted by atomic mass is 9.96. The number of hydrogen-bond donors (Lipinski definition) is 0. The molecule has 1 aliphatic rings. The van der Waals surface area contributed by atoms with Crippen LogP contribution in [0.25, 0.3) is 0 Å². The largest absolute Gasteiger partial charge is 0.314 e. The number of amides is 1. The average Bonchev–Trinajstić information content (AvgIpc) is 2.69. The molecule has 1 amide bonds. The number of nitriles is 1. The molecule has 15 heavy (non-hydrogen) atoms. The minimum absolute atomic E-state index is 0.193. The van der Waals surface area contributed by atoms with Gasteiger partial charge in [-0.2, -0.15) is 5.26 Å². The topological polar surface area (TPSA) is 74.8 Å². The summed E-state index contributed by atoms with van der Waals surface area (Å²) >= 11 is 0. The number of hydrogen-bond acceptors (Lipinski definition) is 4. The molecule has 2 atom stereocenters. The molecule has 6 heteroatoms. The monoisotopic (exact) mass is 203 g/mol. The van der Waals surface area contributed by atoms with Crippen LogP contribution >= 0.6 is 0 Å². The number of aromatic nitrogens is 3. The molecular formula is C9H9N5O. The Balaban J connectivity index is 2.22. The van der Waals surface area contributed by atoms with E-state index < -0.39 is 0 Å². The Morgan fingerprint density at radius 3 is 3.07 bits per heavy atom. The third-order valence-electron chi connectivity index (χ3n) is 2.41. The highest BCUT2D eigenvalue weighted by Gasteiger charge is 2.43. The summed E-state index contributed by atoms with van der Waals surface area (Å²) in [5, 5.41) is 16.3. The van der Waals surface area contributed by atoms with Gasteiger partial charge in [-0.15, -0.1) is 5.10 Å². The molecule has 1 aromatic rings. The summed E-state index contributed by atoms with van der Waals surface area (Å²) < 4.78 is 1.51.